The second-order valence-corrected chi connectivity index (χ2v) is 5.55. The van der Waals surface area contributed by atoms with Gasteiger partial charge in [0.05, 0.1) is 6.10 Å². The zero-order valence-electron chi connectivity index (χ0n) is 12.5. The van der Waals surface area contributed by atoms with Crippen LogP contribution in [-0.2, 0) is 4.74 Å². The van der Waals surface area contributed by atoms with Gasteiger partial charge < -0.3 is 39.4 Å². The van der Waals surface area contributed by atoms with E-state index in [1.54, 1.807) is 0 Å². The van der Waals surface area contributed by atoms with Crippen LogP contribution in [0.2, 0.25) is 0 Å². The Morgan fingerprint density at radius 3 is 2.50 bits per heavy atom. The van der Waals surface area contributed by atoms with Crippen molar-refractivity contribution in [3.63, 3.8) is 0 Å². The predicted octanol–water partition coefficient (Wildman–Crippen LogP) is -0.590. The van der Waals surface area contributed by atoms with Gasteiger partial charge in [0.1, 0.15) is 18.3 Å². The lowest BCUT2D eigenvalue weighted by atomic mass is 10.00. The third kappa shape index (κ3) is 2.67. The van der Waals surface area contributed by atoms with Gasteiger partial charge in [0.25, 0.3) is 0 Å². The van der Waals surface area contributed by atoms with Crippen LogP contribution >= 0.6 is 0 Å². The monoisotopic (exact) mass is 340 g/mol. The van der Waals surface area contributed by atoms with Gasteiger partial charge in [0, 0.05) is 11.5 Å². The van der Waals surface area contributed by atoms with Gasteiger partial charge in [-0.3, -0.25) is 0 Å². The third-order valence-electron chi connectivity index (χ3n) is 3.86. The van der Waals surface area contributed by atoms with Crippen LogP contribution in [0.5, 0.6) is 17.2 Å². The van der Waals surface area contributed by atoms with E-state index in [0.717, 1.165) is 6.07 Å². The Morgan fingerprint density at radius 1 is 1.08 bits per heavy atom. The summed E-state index contributed by atoms with van der Waals surface area (Å²) in [6, 6.07) is 3.66. The van der Waals surface area contributed by atoms with E-state index < -0.39 is 53.6 Å². The molecule has 1 aromatic heterocycles. The van der Waals surface area contributed by atoms with E-state index in [4.69, 9.17) is 13.9 Å². The van der Waals surface area contributed by atoms with Crippen molar-refractivity contribution in [1.29, 1.82) is 0 Å². The zero-order chi connectivity index (χ0) is 17.6. The van der Waals surface area contributed by atoms with Crippen molar-refractivity contribution in [2.24, 2.45) is 0 Å². The van der Waals surface area contributed by atoms with Crippen LogP contribution in [0.3, 0.4) is 0 Å². The number of ether oxygens (including phenoxy) is 2. The van der Waals surface area contributed by atoms with Crippen LogP contribution in [0.25, 0.3) is 11.0 Å². The Labute approximate surface area is 134 Å². The molecule has 9 heteroatoms. The average Bonchev–Trinajstić information content (AvgIpc) is 2.55. The van der Waals surface area contributed by atoms with Crippen LogP contribution in [0, 0.1) is 0 Å². The molecule has 1 fully saturated rings. The largest absolute Gasteiger partial charge is 0.504 e. The SMILES string of the molecule is C[C@@H]1O[C@@H](Oc2c(O)cc3ccc(=O)oc3c2O)[C@H](O)[C@H](O)[C@H]1O. The summed E-state index contributed by atoms with van der Waals surface area (Å²) >= 11 is 0. The highest BCUT2D eigenvalue weighted by Crippen LogP contribution is 2.43. The average molecular weight is 340 g/mol. The number of hydrogen-bond acceptors (Lipinski definition) is 9. The van der Waals surface area contributed by atoms with Gasteiger partial charge in [-0.2, -0.15) is 0 Å². The van der Waals surface area contributed by atoms with Gasteiger partial charge in [-0.25, -0.2) is 4.79 Å². The number of phenols is 2. The fourth-order valence-corrected chi connectivity index (χ4v) is 2.51. The number of aliphatic hydroxyl groups excluding tert-OH is 3. The van der Waals surface area contributed by atoms with Crippen molar-refractivity contribution < 1.29 is 39.4 Å². The molecule has 0 spiro atoms. The van der Waals surface area contributed by atoms with E-state index in [0.29, 0.717) is 0 Å². The van der Waals surface area contributed by atoms with Crippen LogP contribution in [0.1, 0.15) is 6.92 Å². The quantitative estimate of drug-likeness (QED) is 0.452. The van der Waals surface area contributed by atoms with Gasteiger partial charge in [-0.05, 0) is 19.1 Å². The van der Waals surface area contributed by atoms with Crippen LogP contribution in [0.15, 0.2) is 27.4 Å². The van der Waals surface area contributed by atoms with Gasteiger partial charge in [0.15, 0.2) is 11.3 Å². The first-order valence-electron chi connectivity index (χ1n) is 7.14. The highest BCUT2D eigenvalue weighted by Gasteiger charge is 2.43. The molecule has 0 radical (unpaired) electrons. The number of rotatable bonds is 2. The van der Waals surface area contributed by atoms with Crippen molar-refractivity contribution in [3.05, 3.63) is 28.6 Å². The molecule has 1 saturated heterocycles. The molecular weight excluding hydrogens is 324 g/mol. The molecular formula is C15H16O9. The molecule has 0 saturated carbocycles. The van der Waals surface area contributed by atoms with Gasteiger partial charge in [-0.1, -0.05) is 0 Å². The molecule has 130 valence electrons. The predicted molar refractivity (Wildman–Crippen MR) is 78.8 cm³/mol. The minimum Gasteiger partial charge on any atom is -0.504 e. The molecule has 1 aliphatic rings. The molecule has 24 heavy (non-hydrogen) atoms. The highest BCUT2D eigenvalue weighted by molar-refractivity contribution is 5.87. The maximum atomic E-state index is 11.3. The highest BCUT2D eigenvalue weighted by atomic mass is 16.7. The minimum absolute atomic E-state index is 0.214. The van der Waals surface area contributed by atoms with Gasteiger partial charge >= 0.3 is 5.63 Å². The maximum absolute atomic E-state index is 11.3. The van der Waals surface area contributed by atoms with Crippen molar-refractivity contribution in [2.45, 2.75) is 37.6 Å². The number of phenolic OH excluding ortho intramolecular Hbond substituents is 2. The molecule has 5 atom stereocenters. The molecule has 2 heterocycles. The smallest absolute Gasteiger partial charge is 0.336 e. The summed E-state index contributed by atoms with van der Waals surface area (Å²) in [5.74, 6) is -1.64. The molecule has 0 amide bonds. The molecule has 5 N–H and O–H groups in total. The van der Waals surface area contributed by atoms with E-state index in [9.17, 15) is 30.3 Å². The minimum atomic E-state index is -1.63. The van der Waals surface area contributed by atoms with Crippen LogP contribution in [0.4, 0.5) is 0 Å². The van der Waals surface area contributed by atoms with Gasteiger partial charge in [-0.15, -0.1) is 0 Å². The summed E-state index contributed by atoms with van der Waals surface area (Å²) in [5, 5.41) is 49.8. The molecule has 2 aromatic rings. The van der Waals surface area contributed by atoms with Crippen molar-refractivity contribution in [2.75, 3.05) is 0 Å². The second-order valence-electron chi connectivity index (χ2n) is 5.55. The third-order valence-corrected chi connectivity index (χ3v) is 3.86. The summed E-state index contributed by atoms with van der Waals surface area (Å²) in [6.45, 7) is 1.45. The van der Waals surface area contributed by atoms with E-state index in [-0.39, 0.29) is 11.0 Å². The Kier molecular flexibility index (Phi) is 4.10. The van der Waals surface area contributed by atoms with E-state index >= 15 is 0 Å². The van der Waals surface area contributed by atoms with Crippen molar-refractivity contribution >= 4 is 11.0 Å². The number of aliphatic hydroxyl groups is 3. The van der Waals surface area contributed by atoms with Crippen LogP contribution < -0.4 is 10.4 Å². The Hall–Kier alpha value is -2.33. The first-order valence-corrected chi connectivity index (χ1v) is 7.14. The maximum Gasteiger partial charge on any atom is 0.336 e. The Balaban J connectivity index is 1.99. The first-order chi connectivity index (χ1) is 11.3. The summed E-state index contributed by atoms with van der Waals surface area (Å²) in [4.78, 5) is 11.3. The molecule has 1 aromatic carbocycles. The Bertz CT molecular complexity index is 814. The van der Waals surface area contributed by atoms with Crippen molar-refractivity contribution in [3.8, 4) is 17.2 Å². The summed E-state index contributed by atoms with van der Waals surface area (Å²) in [7, 11) is 0. The Morgan fingerprint density at radius 2 is 1.79 bits per heavy atom. The fourth-order valence-electron chi connectivity index (χ4n) is 2.51. The molecule has 0 aliphatic carbocycles. The number of hydrogen-bond donors (Lipinski definition) is 5. The summed E-state index contributed by atoms with van der Waals surface area (Å²) in [5.41, 5.74) is -0.926. The number of benzene rings is 1. The summed E-state index contributed by atoms with van der Waals surface area (Å²) in [6.07, 6.45) is -6.83. The van der Waals surface area contributed by atoms with Crippen molar-refractivity contribution in [1.82, 2.24) is 0 Å². The lowest BCUT2D eigenvalue weighted by Gasteiger charge is -2.38. The lowest BCUT2D eigenvalue weighted by Crippen LogP contribution is -2.58. The number of fused-ring (bicyclic) bond motifs is 1. The first kappa shape index (κ1) is 16.5. The standard InChI is InChI=1S/C15H16O9/c1-5-9(18)10(19)11(20)15(22-5)24-14-7(16)4-6-2-3-8(17)23-13(6)12(14)21/h2-5,9-11,15-16,18-21H,1H3/t5-,9-,10+,11+,15-/m0/s1. The van der Waals surface area contributed by atoms with E-state index in [1.165, 1.54) is 19.1 Å². The number of aromatic hydroxyl groups is 2. The molecule has 3 rings (SSSR count). The molecule has 9 nitrogen and oxygen atoms in total. The van der Waals surface area contributed by atoms with E-state index in [2.05, 4.69) is 0 Å². The topological polar surface area (TPSA) is 150 Å². The van der Waals surface area contributed by atoms with Crippen LogP contribution in [-0.4, -0.2) is 56.2 Å². The normalized spacial score (nSPS) is 30.4. The molecule has 0 unspecified atom stereocenters. The zero-order valence-corrected chi connectivity index (χ0v) is 12.5. The fraction of sp³-hybridized carbons (Fsp3) is 0.400. The summed E-state index contributed by atoms with van der Waals surface area (Å²) < 4.78 is 15.4. The van der Waals surface area contributed by atoms with E-state index in [1.807, 2.05) is 0 Å². The lowest BCUT2D eigenvalue weighted by molar-refractivity contribution is -0.268. The molecule has 0 bridgehead atoms. The molecule has 1 aliphatic heterocycles. The van der Waals surface area contributed by atoms with Gasteiger partial charge in [0.2, 0.25) is 17.8 Å². The second kappa shape index (κ2) is 5.95.